The number of nitrogens with zero attached hydrogens (tertiary/aromatic N) is 4. The number of aryl methyl sites for hydroxylation is 1. The highest BCUT2D eigenvalue weighted by atomic mass is 127. The molecule has 7 nitrogen and oxygen atoms in total. The first-order chi connectivity index (χ1) is 11.2. The molecule has 9 heteroatoms. The van der Waals surface area contributed by atoms with Gasteiger partial charge in [0, 0.05) is 42.3 Å². The monoisotopic (exact) mass is 441 g/mol. The van der Waals surface area contributed by atoms with Gasteiger partial charge in [0.2, 0.25) is 0 Å². The SMILES string of the molecule is Cc1cn(SOI)c2ncc(C(=O)NCc3cncnc3)cc12. The van der Waals surface area contributed by atoms with Gasteiger partial charge in [0.15, 0.2) is 5.65 Å². The van der Waals surface area contributed by atoms with Crippen molar-refractivity contribution in [1.29, 1.82) is 0 Å². The second kappa shape index (κ2) is 7.23. The van der Waals surface area contributed by atoms with Gasteiger partial charge in [-0.1, -0.05) is 0 Å². The zero-order valence-corrected chi connectivity index (χ0v) is 15.0. The highest BCUT2D eigenvalue weighted by molar-refractivity contribution is 14.1. The van der Waals surface area contributed by atoms with Gasteiger partial charge in [-0.3, -0.25) is 8.77 Å². The van der Waals surface area contributed by atoms with E-state index < -0.39 is 0 Å². The van der Waals surface area contributed by atoms with E-state index in [4.69, 9.17) is 2.51 Å². The van der Waals surface area contributed by atoms with Gasteiger partial charge in [-0.15, -0.1) is 0 Å². The molecule has 1 amide bonds. The zero-order valence-electron chi connectivity index (χ0n) is 12.1. The molecule has 3 aromatic heterocycles. The van der Waals surface area contributed by atoms with Crippen LogP contribution < -0.4 is 5.32 Å². The molecule has 3 rings (SSSR count). The van der Waals surface area contributed by atoms with Crippen LogP contribution in [0.15, 0.2) is 37.2 Å². The second-order valence-corrected chi connectivity index (χ2v) is 6.55. The highest BCUT2D eigenvalue weighted by Crippen LogP contribution is 2.25. The lowest BCUT2D eigenvalue weighted by Gasteiger charge is -2.05. The number of hydrogen-bond acceptors (Lipinski definition) is 6. The minimum atomic E-state index is -0.187. The zero-order chi connectivity index (χ0) is 16.2. The van der Waals surface area contributed by atoms with Crippen molar-refractivity contribution >= 4 is 52.2 Å². The Morgan fingerprint density at radius 1 is 1.39 bits per heavy atom. The van der Waals surface area contributed by atoms with Crippen molar-refractivity contribution in [3.63, 3.8) is 0 Å². The van der Waals surface area contributed by atoms with Crippen LogP contribution in [0.5, 0.6) is 0 Å². The number of carbonyl (C=O) groups excluding carboxylic acids is 1. The molecular weight excluding hydrogens is 429 g/mol. The summed E-state index contributed by atoms with van der Waals surface area (Å²) in [4.78, 5) is 24.5. The van der Waals surface area contributed by atoms with Crippen LogP contribution in [0.1, 0.15) is 21.5 Å². The van der Waals surface area contributed by atoms with Crippen molar-refractivity contribution in [3.8, 4) is 0 Å². The molecule has 0 aliphatic carbocycles. The van der Waals surface area contributed by atoms with Crippen LogP contribution in [0.3, 0.4) is 0 Å². The van der Waals surface area contributed by atoms with E-state index >= 15 is 0 Å². The average molecular weight is 441 g/mol. The van der Waals surface area contributed by atoms with Crippen LogP contribution >= 0.6 is 35.2 Å². The number of amides is 1. The van der Waals surface area contributed by atoms with Crippen LogP contribution in [0.25, 0.3) is 11.0 Å². The third-order valence-corrected chi connectivity index (χ3v) is 4.23. The Kier molecular flexibility index (Phi) is 5.08. The first kappa shape index (κ1) is 16.1. The normalized spacial score (nSPS) is 10.9. The van der Waals surface area contributed by atoms with Crippen LogP contribution in [-0.4, -0.2) is 24.8 Å². The standard InChI is InChI=1S/C14H12IN5O2S/c1-9-7-20(23-22-15)13-12(9)2-11(6-18-13)14(21)19-5-10-3-16-8-17-4-10/h2-4,6-8H,5H2,1H3,(H,19,21). The van der Waals surface area contributed by atoms with Gasteiger partial charge >= 0.3 is 0 Å². The van der Waals surface area contributed by atoms with E-state index in [9.17, 15) is 4.79 Å². The second-order valence-electron chi connectivity index (χ2n) is 4.80. The fourth-order valence-electron chi connectivity index (χ4n) is 2.15. The first-order valence-electron chi connectivity index (χ1n) is 6.64. The molecule has 0 atom stereocenters. The van der Waals surface area contributed by atoms with E-state index in [-0.39, 0.29) is 5.91 Å². The van der Waals surface area contributed by atoms with Crippen LogP contribution in [0.2, 0.25) is 0 Å². The highest BCUT2D eigenvalue weighted by Gasteiger charge is 2.12. The van der Waals surface area contributed by atoms with Crippen LogP contribution in [0.4, 0.5) is 0 Å². The summed E-state index contributed by atoms with van der Waals surface area (Å²) >= 11 is 2.98. The van der Waals surface area contributed by atoms with E-state index in [2.05, 4.69) is 20.3 Å². The predicted octanol–water partition coefficient (Wildman–Crippen LogP) is 2.84. The molecule has 23 heavy (non-hydrogen) atoms. The molecule has 0 fully saturated rings. The van der Waals surface area contributed by atoms with Crippen molar-refractivity contribution < 1.29 is 7.31 Å². The van der Waals surface area contributed by atoms with E-state index in [0.29, 0.717) is 12.1 Å². The Balaban J connectivity index is 1.80. The first-order valence-corrected chi connectivity index (χ1v) is 8.22. The third kappa shape index (κ3) is 3.62. The summed E-state index contributed by atoms with van der Waals surface area (Å²) < 4.78 is 6.85. The number of hydrogen-bond donors (Lipinski definition) is 1. The summed E-state index contributed by atoms with van der Waals surface area (Å²) in [6, 6.07) is 1.83. The van der Waals surface area contributed by atoms with Gasteiger partial charge in [-0.2, -0.15) is 0 Å². The topological polar surface area (TPSA) is 81.9 Å². The van der Waals surface area contributed by atoms with Crippen molar-refractivity contribution in [2.24, 2.45) is 0 Å². The fraction of sp³-hybridized carbons (Fsp3) is 0.143. The van der Waals surface area contributed by atoms with E-state index in [1.165, 1.54) is 18.6 Å². The quantitative estimate of drug-likeness (QED) is 0.485. The van der Waals surface area contributed by atoms with Gasteiger partial charge in [-0.05, 0) is 18.6 Å². The lowest BCUT2D eigenvalue weighted by molar-refractivity contribution is 0.0950. The lowest BCUT2D eigenvalue weighted by Crippen LogP contribution is -2.23. The fourth-order valence-corrected chi connectivity index (χ4v) is 3.14. The Labute approximate surface area is 150 Å². The molecule has 0 saturated heterocycles. The molecule has 3 heterocycles. The average Bonchev–Trinajstić information content (AvgIpc) is 2.89. The molecule has 0 saturated carbocycles. The summed E-state index contributed by atoms with van der Waals surface area (Å²) in [5, 5.41) is 3.75. The summed E-state index contributed by atoms with van der Waals surface area (Å²) in [7, 11) is 0. The Hall–Kier alpha value is -1.72. The minimum Gasteiger partial charge on any atom is -0.348 e. The van der Waals surface area contributed by atoms with Gasteiger partial charge < -0.3 is 5.32 Å². The summed E-state index contributed by atoms with van der Waals surface area (Å²) in [6.07, 6.45) is 8.27. The molecule has 0 bridgehead atoms. The van der Waals surface area contributed by atoms with Crippen molar-refractivity contribution in [2.45, 2.75) is 13.5 Å². The van der Waals surface area contributed by atoms with Crippen LogP contribution in [0, 0.1) is 6.92 Å². The Bertz CT molecular complexity index is 840. The molecule has 118 valence electrons. The van der Waals surface area contributed by atoms with Gasteiger partial charge in [0.1, 0.15) is 41.6 Å². The summed E-state index contributed by atoms with van der Waals surface area (Å²) in [6.45, 7) is 2.34. The Morgan fingerprint density at radius 2 is 2.17 bits per heavy atom. The molecule has 0 aliphatic rings. The molecule has 0 aromatic carbocycles. The van der Waals surface area contributed by atoms with Crippen molar-refractivity contribution in [3.05, 3.63) is 53.9 Å². The number of pyridine rings is 1. The Morgan fingerprint density at radius 3 is 2.91 bits per heavy atom. The van der Waals surface area contributed by atoms with E-state index in [0.717, 1.165) is 22.2 Å². The number of nitrogens with one attached hydrogen (secondary N) is 1. The minimum absolute atomic E-state index is 0.187. The van der Waals surface area contributed by atoms with Gasteiger partial charge in [0.05, 0.1) is 5.56 Å². The van der Waals surface area contributed by atoms with Crippen molar-refractivity contribution in [1.82, 2.24) is 24.2 Å². The smallest absolute Gasteiger partial charge is 0.253 e. The molecule has 0 radical (unpaired) electrons. The molecule has 0 aliphatic heterocycles. The summed E-state index contributed by atoms with van der Waals surface area (Å²) in [5.74, 6) is -0.187. The molecular formula is C14H12IN5O2S. The van der Waals surface area contributed by atoms with E-state index in [1.54, 1.807) is 41.6 Å². The maximum atomic E-state index is 12.3. The number of aromatic nitrogens is 4. The third-order valence-electron chi connectivity index (χ3n) is 3.25. The number of halogens is 1. The maximum absolute atomic E-state index is 12.3. The maximum Gasteiger partial charge on any atom is 0.253 e. The number of carbonyl (C=O) groups is 1. The number of fused-ring (bicyclic) bond motifs is 1. The van der Waals surface area contributed by atoms with Gasteiger partial charge in [0.25, 0.3) is 5.91 Å². The van der Waals surface area contributed by atoms with Crippen molar-refractivity contribution in [2.75, 3.05) is 0 Å². The summed E-state index contributed by atoms with van der Waals surface area (Å²) in [5.41, 5.74) is 3.14. The van der Waals surface area contributed by atoms with Gasteiger partial charge in [-0.25, -0.2) is 17.5 Å². The molecule has 0 unspecified atom stereocenters. The van der Waals surface area contributed by atoms with Crippen LogP contribution in [-0.2, 0) is 9.06 Å². The van der Waals surface area contributed by atoms with E-state index in [1.807, 2.05) is 23.2 Å². The predicted molar refractivity (Wildman–Crippen MR) is 95.8 cm³/mol. The molecule has 3 aromatic rings. The largest absolute Gasteiger partial charge is 0.348 e. The molecule has 1 N–H and O–H groups in total. The number of rotatable bonds is 5. The lowest BCUT2D eigenvalue weighted by atomic mass is 10.2. The molecule has 0 spiro atoms.